The number of hydrogen-bond donors (Lipinski definition) is 1. The summed E-state index contributed by atoms with van der Waals surface area (Å²) in [5.74, 6) is -0.0817. The molecule has 0 heterocycles. The molecule has 0 aliphatic carbocycles. The zero-order chi connectivity index (χ0) is 10.3. The molecule has 76 valence electrons. The van der Waals surface area contributed by atoms with Gasteiger partial charge in [0.15, 0.2) is 0 Å². The Bertz CT molecular complexity index is 176. The highest BCUT2D eigenvalue weighted by atomic mass is 16.1. The number of carbonyl (C=O) groups excluding carboxylic acids is 1. The van der Waals surface area contributed by atoms with Crippen LogP contribution in [0.3, 0.4) is 0 Å². The van der Waals surface area contributed by atoms with Gasteiger partial charge in [0.1, 0.15) is 0 Å². The second kappa shape index (κ2) is 5.75. The van der Waals surface area contributed by atoms with Crippen molar-refractivity contribution in [2.75, 3.05) is 33.7 Å². The SMILES string of the molecule is C=CC(=O)NCCC[N+](C)(C)CC. The Balaban J connectivity index is 3.46. The Morgan fingerprint density at radius 2 is 2.15 bits per heavy atom. The monoisotopic (exact) mass is 185 g/mol. The van der Waals surface area contributed by atoms with Crippen LogP contribution >= 0.6 is 0 Å². The predicted molar refractivity (Wildman–Crippen MR) is 55.3 cm³/mol. The highest BCUT2D eigenvalue weighted by Gasteiger charge is 2.10. The topological polar surface area (TPSA) is 29.1 Å². The molecule has 0 rings (SSSR count). The maximum absolute atomic E-state index is 10.8. The van der Waals surface area contributed by atoms with Gasteiger partial charge in [0.25, 0.3) is 0 Å². The molecule has 0 bridgehead atoms. The van der Waals surface area contributed by atoms with Gasteiger partial charge in [-0.3, -0.25) is 4.79 Å². The molecule has 0 unspecified atom stereocenters. The molecule has 0 aromatic rings. The number of nitrogens with one attached hydrogen (secondary N) is 1. The van der Waals surface area contributed by atoms with Crippen molar-refractivity contribution in [3.8, 4) is 0 Å². The molecule has 3 heteroatoms. The van der Waals surface area contributed by atoms with E-state index in [1.54, 1.807) is 0 Å². The van der Waals surface area contributed by atoms with Gasteiger partial charge in [-0.25, -0.2) is 0 Å². The first-order chi connectivity index (χ1) is 6.02. The number of carbonyl (C=O) groups is 1. The van der Waals surface area contributed by atoms with E-state index in [9.17, 15) is 4.79 Å². The summed E-state index contributed by atoms with van der Waals surface area (Å²) in [6, 6.07) is 0. The van der Waals surface area contributed by atoms with E-state index in [1.807, 2.05) is 0 Å². The van der Waals surface area contributed by atoms with Crippen LogP contribution in [0.25, 0.3) is 0 Å². The number of hydrogen-bond acceptors (Lipinski definition) is 1. The first-order valence-electron chi connectivity index (χ1n) is 4.74. The van der Waals surface area contributed by atoms with Crippen LogP contribution in [0, 0.1) is 0 Å². The molecule has 1 amide bonds. The summed E-state index contributed by atoms with van der Waals surface area (Å²) < 4.78 is 1.00. The normalized spacial score (nSPS) is 11.0. The highest BCUT2D eigenvalue weighted by Crippen LogP contribution is 1.96. The Morgan fingerprint density at radius 3 is 2.62 bits per heavy atom. The van der Waals surface area contributed by atoms with Crippen LogP contribution in [0.15, 0.2) is 12.7 Å². The van der Waals surface area contributed by atoms with Gasteiger partial charge < -0.3 is 9.80 Å². The molecular weight excluding hydrogens is 164 g/mol. The van der Waals surface area contributed by atoms with Gasteiger partial charge in [0, 0.05) is 13.0 Å². The van der Waals surface area contributed by atoms with Crippen LogP contribution in [-0.2, 0) is 4.79 Å². The summed E-state index contributed by atoms with van der Waals surface area (Å²) in [6.07, 6.45) is 2.32. The Hall–Kier alpha value is -0.830. The molecule has 0 radical (unpaired) electrons. The van der Waals surface area contributed by atoms with Crippen LogP contribution in [0.1, 0.15) is 13.3 Å². The van der Waals surface area contributed by atoms with Crippen molar-refractivity contribution < 1.29 is 9.28 Å². The van der Waals surface area contributed by atoms with E-state index in [1.165, 1.54) is 6.08 Å². The number of amides is 1. The summed E-state index contributed by atoms with van der Waals surface area (Å²) in [4.78, 5) is 10.8. The minimum Gasteiger partial charge on any atom is -0.352 e. The number of rotatable bonds is 6. The quantitative estimate of drug-likeness (QED) is 0.370. The molecule has 0 atom stereocenters. The molecular formula is C10H21N2O+. The molecule has 0 aliphatic rings. The largest absolute Gasteiger partial charge is 0.352 e. The van der Waals surface area contributed by atoms with Crippen molar-refractivity contribution in [2.24, 2.45) is 0 Å². The fourth-order valence-corrected chi connectivity index (χ4v) is 0.949. The summed E-state index contributed by atoms with van der Waals surface area (Å²) in [5.41, 5.74) is 0. The van der Waals surface area contributed by atoms with Crippen molar-refractivity contribution in [3.63, 3.8) is 0 Å². The van der Waals surface area contributed by atoms with E-state index in [0.29, 0.717) is 0 Å². The molecule has 0 saturated carbocycles. The Kier molecular flexibility index (Phi) is 5.39. The zero-order valence-corrected chi connectivity index (χ0v) is 8.97. The van der Waals surface area contributed by atoms with Gasteiger partial charge in [0.05, 0.1) is 27.2 Å². The first-order valence-corrected chi connectivity index (χ1v) is 4.74. The maximum atomic E-state index is 10.8. The molecule has 3 nitrogen and oxygen atoms in total. The van der Waals surface area contributed by atoms with Crippen molar-refractivity contribution in [1.82, 2.24) is 5.32 Å². The molecule has 0 spiro atoms. The molecule has 0 saturated heterocycles. The van der Waals surface area contributed by atoms with Crippen molar-refractivity contribution in [2.45, 2.75) is 13.3 Å². The predicted octanol–water partition coefficient (Wildman–Crippen LogP) is 0.775. The van der Waals surface area contributed by atoms with E-state index in [-0.39, 0.29) is 5.91 Å². The van der Waals surface area contributed by atoms with Gasteiger partial charge in [-0.05, 0) is 13.0 Å². The van der Waals surface area contributed by atoms with Crippen LogP contribution in [-0.4, -0.2) is 44.1 Å². The van der Waals surface area contributed by atoms with E-state index in [4.69, 9.17) is 0 Å². The summed E-state index contributed by atoms with van der Waals surface area (Å²) in [6.45, 7) is 8.51. The lowest BCUT2D eigenvalue weighted by Gasteiger charge is -2.28. The summed E-state index contributed by atoms with van der Waals surface area (Å²) in [5, 5.41) is 2.76. The number of quaternary nitrogens is 1. The van der Waals surface area contributed by atoms with Gasteiger partial charge in [-0.15, -0.1) is 0 Å². The zero-order valence-electron chi connectivity index (χ0n) is 8.97. The lowest BCUT2D eigenvalue weighted by atomic mass is 10.3. The Morgan fingerprint density at radius 1 is 1.54 bits per heavy atom. The van der Waals surface area contributed by atoms with Crippen molar-refractivity contribution in [3.05, 3.63) is 12.7 Å². The molecule has 1 N–H and O–H groups in total. The van der Waals surface area contributed by atoms with Crippen LogP contribution in [0.5, 0.6) is 0 Å². The fourth-order valence-electron chi connectivity index (χ4n) is 0.949. The van der Waals surface area contributed by atoms with Crippen molar-refractivity contribution in [1.29, 1.82) is 0 Å². The Labute approximate surface area is 81.0 Å². The molecule has 13 heavy (non-hydrogen) atoms. The lowest BCUT2D eigenvalue weighted by molar-refractivity contribution is -0.888. The van der Waals surface area contributed by atoms with Crippen LogP contribution < -0.4 is 5.32 Å². The van der Waals surface area contributed by atoms with E-state index >= 15 is 0 Å². The highest BCUT2D eigenvalue weighted by molar-refractivity contribution is 5.86. The third kappa shape index (κ3) is 6.34. The van der Waals surface area contributed by atoms with Crippen LogP contribution in [0.2, 0.25) is 0 Å². The second-order valence-corrected chi connectivity index (χ2v) is 3.82. The second-order valence-electron chi connectivity index (χ2n) is 3.82. The summed E-state index contributed by atoms with van der Waals surface area (Å²) >= 11 is 0. The average Bonchev–Trinajstić information content (AvgIpc) is 2.12. The van der Waals surface area contributed by atoms with Crippen LogP contribution in [0.4, 0.5) is 0 Å². The third-order valence-electron chi connectivity index (χ3n) is 2.28. The molecule has 0 aromatic heterocycles. The standard InChI is InChI=1S/C10H20N2O/c1-5-10(13)11-8-7-9-12(3,4)6-2/h5H,1,6-9H2,2-4H3/p+1. The van der Waals surface area contributed by atoms with Gasteiger partial charge >= 0.3 is 0 Å². The average molecular weight is 185 g/mol. The molecule has 0 fully saturated rings. The molecule has 0 aromatic carbocycles. The van der Waals surface area contributed by atoms with Gasteiger partial charge in [-0.2, -0.15) is 0 Å². The van der Waals surface area contributed by atoms with Crippen molar-refractivity contribution >= 4 is 5.91 Å². The van der Waals surface area contributed by atoms with E-state index < -0.39 is 0 Å². The van der Waals surface area contributed by atoms with Gasteiger partial charge in [-0.1, -0.05) is 6.58 Å². The number of nitrogens with zero attached hydrogens (tertiary/aromatic N) is 1. The smallest absolute Gasteiger partial charge is 0.243 e. The fraction of sp³-hybridized carbons (Fsp3) is 0.700. The van der Waals surface area contributed by atoms with E-state index in [2.05, 4.69) is 32.9 Å². The first kappa shape index (κ1) is 12.2. The summed E-state index contributed by atoms with van der Waals surface area (Å²) in [7, 11) is 4.38. The maximum Gasteiger partial charge on any atom is 0.243 e. The third-order valence-corrected chi connectivity index (χ3v) is 2.28. The minimum atomic E-state index is -0.0817. The molecule has 0 aliphatic heterocycles. The lowest BCUT2D eigenvalue weighted by Crippen LogP contribution is -2.41. The van der Waals surface area contributed by atoms with Gasteiger partial charge in [0.2, 0.25) is 5.91 Å². The minimum absolute atomic E-state index is 0.0817. The van der Waals surface area contributed by atoms with E-state index in [0.717, 1.165) is 30.5 Å².